The summed E-state index contributed by atoms with van der Waals surface area (Å²) in [5.74, 6) is 1.28. The van der Waals surface area contributed by atoms with Gasteiger partial charge in [-0.15, -0.1) is 0 Å². The van der Waals surface area contributed by atoms with Crippen LogP contribution in [0.3, 0.4) is 0 Å². The quantitative estimate of drug-likeness (QED) is 0.782. The Morgan fingerprint density at radius 2 is 2.10 bits per heavy atom. The van der Waals surface area contributed by atoms with Crippen LogP contribution in [0.15, 0.2) is 22.7 Å². The molecule has 0 amide bonds. The third kappa shape index (κ3) is 3.18. The number of ether oxygens (including phenoxy) is 1. The summed E-state index contributed by atoms with van der Waals surface area (Å²) in [7, 11) is 1.88. The Morgan fingerprint density at radius 1 is 1.40 bits per heavy atom. The third-order valence-electron chi connectivity index (χ3n) is 3.22. The highest BCUT2D eigenvalue weighted by Gasteiger charge is 2.14. The van der Waals surface area contributed by atoms with Gasteiger partial charge >= 0.3 is 0 Å². The number of hydrogen-bond donors (Lipinski definition) is 0. The van der Waals surface area contributed by atoms with E-state index in [0.29, 0.717) is 17.5 Å². The number of rotatable bonds is 4. The molecule has 0 radical (unpaired) electrons. The average Bonchev–Trinajstić information content (AvgIpc) is 2.62. The van der Waals surface area contributed by atoms with Crippen molar-refractivity contribution in [2.24, 2.45) is 7.05 Å². The van der Waals surface area contributed by atoms with Gasteiger partial charge < -0.3 is 4.74 Å². The van der Waals surface area contributed by atoms with Gasteiger partial charge in [0.2, 0.25) is 0 Å². The molecule has 1 aromatic heterocycles. The standard InChI is InChI=1S/C15H18BrClN2O/c1-9(2)12-7-11(16)5-6-14(12)20-8-13-15(17)10(3)18-19(13)4/h5-7,9H,8H2,1-4H3. The molecule has 1 aromatic carbocycles. The van der Waals surface area contributed by atoms with Crippen LogP contribution in [0, 0.1) is 6.92 Å². The molecule has 0 aliphatic rings. The molecule has 0 spiro atoms. The van der Waals surface area contributed by atoms with Crippen molar-refractivity contribution in [2.45, 2.75) is 33.3 Å². The van der Waals surface area contributed by atoms with Crippen LogP contribution in [0.25, 0.3) is 0 Å². The lowest BCUT2D eigenvalue weighted by molar-refractivity contribution is 0.291. The van der Waals surface area contributed by atoms with Gasteiger partial charge in [-0.2, -0.15) is 5.10 Å². The Balaban J connectivity index is 2.23. The fraction of sp³-hybridized carbons (Fsp3) is 0.400. The fourth-order valence-corrected chi connectivity index (χ4v) is 2.68. The highest BCUT2D eigenvalue weighted by Crippen LogP contribution is 2.30. The van der Waals surface area contributed by atoms with Gasteiger partial charge in [-0.25, -0.2) is 0 Å². The summed E-state index contributed by atoms with van der Waals surface area (Å²) in [5, 5.41) is 4.97. The maximum atomic E-state index is 6.24. The van der Waals surface area contributed by atoms with Gasteiger partial charge in [-0.1, -0.05) is 41.4 Å². The van der Waals surface area contributed by atoms with Gasteiger partial charge in [0, 0.05) is 11.5 Å². The molecule has 3 nitrogen and oxygen atoms in total. The first kappa shape index (κ1) is 15.4. The second-order valence-electron chi connectivity index (χ2n) is 5.10. The number of hydrogen-bond acceptors (Lipinski definition) is 2. The zero-order valence-electron chi connectivity index (χ0n) is 12.1. The van der Waals surface area contributed by atoms with E-state index in [-0.39, 0.29) is 0 Å². The van der Waals surface area contributed by atoms with Crippen LogP contribution in [0.4, 0.5) is 0 Å². The number of halogens is 2. The normalized spacial score (nSPS) is 11.2. The molecule has 2 rings (SSSR count). The molecule has 0 bridgehead atoms. The molecule has 20 heavy (non-hydrogen) atoms. The Morgan fingerprint density at radius 3 is 2.65 bits per heavy atom. The zero-order chi connectivity index (χ0) is 14.9. The molecule has 0 aliphatic carbocycles. The number of benzene rings is 1. The van der Waals surface area contributed by atoms with E-state index in [1.807, 2.05) is 26.1 Å². The third-order valence-corrected chi connectivity index (χ3v) is 4.20. The lowest BCUT2D eigenvalue weighted by atomic mass is 10.0. The van der Waals surface area contributed by atoms with E-state index >= 15 is 0 Å². The molecule has 2 aromatic rings. The summed E-state index contributed by atoms with van der Waals surface area (Å²) in [6.07, 6.45) is 0. The van der Waals surface area contributed by atoms with Gasteiger partial charge in [0.25, 0.3) is 0 Å². The molecule has 0 atom stereocenters. The van der Waals surface area contributed by atoms with Crippen molar-refractivity contribution in [3.05, 3.63) is 44.6 Å². The first-order valence-electron chi connectivity index (χ1n) is 6.50. The first-order chi connectivity index (χ1) is 9.40. The molecule has 0 unspecified atom stereocenters. The molecule has 0 saturated heterocycles. The molecule has 5 heteroatoms. The zero-order valence-corrected chi connectivity index (χ0v) is 14.4. The van der Waals surface area contributed by atoms with Gasteiger partial charge in [0.15, 0.2) is 0 Å². The minimum absolute atomic E-state index is 0.395. The summed E-state index contributed by atoms with van der Waals surface area (Å²) in [6, 6.07) is 6.06. The van der Waals surface area contributed by atoms with Crippen molar-refractivity contribution in [2.75, 3.05) is 0 Å². The van der Waals surface area contributed by atoms with Crippen LogP contribution < -0.4 is 4.74 Å². The Labute approximate surface area is 133 Å². The first-order valence-corrected chi connectivity index (χ1v) is 7.67. The van der Waals surface area contributed by atoms with E-state index in [0.717, 1.165) is 21.6 Å². The van der Waals surface area contributed by atoms with Crippen LogP contribution in [-0.2, 0) is 13.7 Å². The average molecular weight is 358 g/mol. The van der Waals surface area contributed by atoms with Gasteiger partial charge in [0.05, 0.1) is 16.4 Å². The highest BCUT2D eigenvalue weighted by molar-refractivity contribution is 9.10. The SMILES string of the molecule is Cc1nn(C)c(COc2ccc(Br)cc2C(C)C)c1Cl. The predicted octanol–water partition coefficient (Wildman–Crippen LogP) is 4.85. The lowest BCUT2D eigenvalue weighted by Gasteiger charge is -2.14. The lowest BCUT2D eigenvalue weighted by Crippen LogP contribution is -2.05. The molecule has 108 valence electrons. The monoisotopic (exact) mass is 356 g/mol. The van der Waals surface area contributed by atoms with Crippen molar-refractivity contribution >= 4 is 27.5 Å². The van der Waals surface area contributed by atoms with Crippen LogP contribution in [0.2, 0.25) is 5.02 Å². The summed E-state index contributed by atoms with van der Waals surface area (Å²) in [4.78, 5) is 0. The Hall–Kier alpha value is -1.000. The van der Waals surface area contributed by atoms with E-state index in [1.54, 1.807) is 4.68 Å². The molecule has 0 fully saturated rings. The predicted molar refractivity (Wildman–Crippen MR) is 85.5 cm³/mol. The molecule has 0 aliphatic heterocycles. The summed E-state index contributed by atoms with van der Waals surface area (Å²) >= 11 is 9.73. The summed E-state index contributed by atoms with van der Waals surface area (Å²) < 4.78 is 8.78. The molecule has 1 heterocycles. The maximum absolute atomic E-state index is 6.24. The highest BCUT2D eigenvalue weighted by atomic mass is 79.9. The van der Waals surface area contributed by atoms with Gasteiger partial charge in [-0.05, 0) is 36.6 Å². The second-order valence-corrected chi connectivity index (χ2v) is 6.39. The molecule has 0 saturated carbocycles. The van der Waals surface area contributed by atoms with Gasteiger partial charge in [0.1, 0.15) is 12.4 Å². The maximum Gasteiger partial charge on any atom is 0.131 e. The minimum atomic E-state index is 0.395. The van der Waals surface area contributed by atoms with Crippen LogP contribution in [-0.4, -0.2) is 9.78 Å². The smallest absolute Gasteiger partial charge is 0.131 e. The number of aryl methyl sites for hydroxylation is 2. The number of nitrogens with zero attached hydrogens (tertiary/aromatic N) is 2. The van der Waals surface area contributed by atoms with Crippen molar-refractivity contribution < 1.29 is 4.74 Å². The van der Waals surface area contributed by atoms with Crippen molar-refractivity contribution in [1.29, 1.82) is 0 Å². The molecular weight excluding hydrogens is 340 g/mol. The van der Waals surface area contributed by atoms with E-state index in [9.17, 15) is 0 Å². The topological polar surface area (TPSA) is 27.1 Å². The Kier molecular flexibility index (Phi) is 4.76. The van der Waals surface area contributed by atoms with Crippen LogP contribution in [0.1, 0.15) is 36.7 Å². The van der Waals surface area contributed by atoms with E-state index < -0.39 is 0 Å². The molecule has 0 N–H and O–H groups in total. The van der Waals surface area contributed by atoms with Crippen LogP contribution >= 0.6 is 27.5 Å². The largest absolute Gasteiger partial charge is 0.487 e. The van der Waals surface area contributed by atoms with Crippen molar-refractivity contribution in [1.82, 2.24) is 9.78 Å². The summed E-state index contributed by atoms with van der Waals surface area (Å²) in [6.45, 7) is 6.61. The van der Waals surface area contributed by atoms with Crippen molar-refractivity contribution in [3.8, 4) is 5.75 Å². The Bertz CT molecular complexity index is 623. The van der Waals surface area contributed by atoms with Crippen LogP contribution in [0.5, 0.6) is 5.75 Å². The second kappa shape index (κ2) is 6.19. The fourth-order valence-electron chi connectivity index (χ4n) is 2.08. The van der Waals surface area contributed by atoms with Gasteiger partial charge in [-0.3, -0.25) is 4.68 Å². The van der Waals surface area contributed by atoms with E-state index in [1.165, 1.54) is 5.56 Å². The van der Waals surface area contributed by atoms with E-state index in [2.05, 4.69) is 40.9 Å². The number of aromatic nitrogens is 2. The minimum Gasteiger partial charge on any atom is -0.487 e. The van der Waals surface area contributed by atoms with E-state index in [4.69, 9.17) is 16.3 Å². The summed E-state index contributed by atoms with van der Waals surface area (Å²) in [5.41, 5.74) is 2.89. The van der Waals surface area contributed by atoms with Crippen molar-refractivity contribution in [3.63, 3.8) is 0 Å². The molecular formula is C15H18BrClN2O.